The number of tetrazole rings is 1. The standard InChI is InChI=1S/C24H20FN7O4/c1-12-8-13(2-6-17(12)25)11-26-21(33)19-10-20(32-24(28-19)29-30-31-32)22(34)27-18-7-4-14-9-15(23(35)36)3-5-16(14)18/h2-3,5-6,8-10,18H,4,7,11H2,1H3,(H,26,33)(H,27,34)(H,35,36)/t18-/m0/s1. The van der Waals surface area contributed by atoms with Crippen molar-refractivity contribution in [1.29, 1.82) is 0 Å². The third-order valence-corrected chi connectivity index (χ3v) is 6.09. The highest BCUT2D eigenvalue weighted by Crippen LogP contribution is 2.32. The summed E-state index contributed by atoms with van der Waals surface area (Å²) in [5.41, 5.74) is 3.01. The quantitative estimate of drug-likeness (QED) is 0.372. The molecule has 0 spiro atoms. The topological polar surface area (TPSA) is 151 Å². The maximum Gasteiger partial charge on any atom is 0.335 e. The Labute approximate surface area is 203 Å². The summed E-state index contributed by atoms with van der Waals surface area (Å²) < 4.78 is 14.6. The molecule has 12 heteroatoms. The van der Waals surface area contributed by atoms with E-state index in [1.165, 1.54) is 18.2 Å². The van der Waals surface area contributed by atoms with Gasteiger partial charge in [-0.2, -0.15) is 4.52 Å². The third-order valence-electron chi connectivity index (χ3n) is 6.09. The molecule has 2 aromatic heterocycles. The van der Waals surface area contributed by atoms with Crippen LogP contribution in [0.4, 0.5) is 4.39 Å². The smallest absolute Gasteiger partial charge is 0.335 e. The number of aromatic nitrogens is 5. The molecule has 0 aliphatic heterocycles. The fourth-order valence-corrected chi connectivity index (χ4v) is 4.24. The number of carbonyl (C=O) groups excluding carboxylic acids is 2. The molecule has 1 aliphatic carbocycles. The number of benzene rings is 2. The van der Waals surface area contributed by atoms with Crippen LogP contribution in [-0.4, -0.2) is 47.9 Å². The second-order valence-electron chi connectivity index (χ2n) is 8.47. The summed E-state index contributed by atoms with van der Waals surface area (Å²) in [6.07, 6.45) is 1.22. The average molecular weight is 489 g/mol. The van der Waals surface area contributed by atoms with Crippen LogP contribution >= 0.6 is 0 Å². The maximum absolute atomic E-state index is 13.5. The van der Waals surface area contributed by atoms with Gasteiger partial charge >= 0.3 is 5.97 Å². The van der Waals surface area contributed by atoms with Crippen molar-refractivity contribution in [3.8, 4) is 0 Å². The molecule has 11 nitrogen and oxygen atoms in total. The molecule has 0 unspecified atom stereocenters. The molecule has 3 N–H and O–H groups in total. The van der Waals surface area contributed by atoms with Crippen LogP contribution in [0.3, 0.4) is 0 Å². The zero-order valence-electron chi connectivity index (χ0n) is 19.0. The number of hydrogen-bond donors (Lipinski definition) is 3. The number of halogens is 1. The number of rotatable bonds is 6. The minimum absolute atomic E-state index is 0.0170. The number of carbonyl (C=O) groups is 3. The number of carboxylic acid groups (broad SMARTS) is 1. The summed E-state index contributed by atoms with van der Waals surface area (Å²) >= 11 is 0. The van der Waals surface area contributed by atoms with Gasteiger partial charge in [-0.1, -0.05) is 23.3 Å². The van der Waals surface area contributed by atoms with Crippen molar-refractivity contribution in [3.63, 3.8) is 0 Å². The highest BCUT2D eigenvalue weighted by atomic mass is 19.1. The maximum atomic E-state index is 13.5. The van der Waals surface area contributed by atoms with E-state index in [0.717, 1.165) is 15.6 Å². The highest BCUT2D eigenvalue weighted by molar-refractivity contribution is 5.98. The van der Waals surface area contributed by atoms with Gasteiger partial charge in [-0.05, 0) is 70.6 Å². The lowest BCUT2D eigenvalue weighted by atomic mass is 10.0. The van der Waals surface area contributed by atoms with Crippen molar-refractivity contribution in [3.05, 3.63) is 87.5 Å². The molecule has 0 fully saturated rings. The van der Waals surface area contributed by atoms with Crippen molar-refractivity contribution in [2.45, 2.75) is 32.4 Å². The Morgan fingerprint density at radius 1 is 1.14 bits per heavy atom. The van der Waals surface area contributed by atoms with Gasteiger partial charge in [0.2, 0.25) is 0 Å². The fourth-order valence-electron chi connectivity index (χ4n) is 4.24. The molecule has 0 radical (unpaired) electrons. The van der Waals surface area contributed by atoms with E-state index in [4.69, 9.17) is 0 Å². The van der Waals surface area contributed by atoms with Crippen LogP contribution in [0.1, 0.15) is 66.1 Å². The highest BCUT2D eigenvalue weighted by Gasteiger charge is 2.27. The summed E-state index contributed by atoms with van der Waals surface area (Å²) in [5.74, 6) is -2.44. The van der Waals surface area contributed by atoms with Crippen molar-refractivity contribution in [2.75, 3.05) is 0 Å². The molecule has 4 aromatic rings. The van der Waals surface area contributed by atoms with Crippen molar-refractivity contribution < 1.29 is 23.9 Å². The lowest BCUT2D eigenvalue weighted by Gasteiger charge is -2.15. The first kappa shape index (κ1) is 23.0. The minimum Gasteiger partial charge on any atom is -0.478 e. The Bertz CT molecular complexity index is 1530. The summed E-state index contributed by atoms with van der Waals surface area (Å²) in [5, 5.41) is 26.0. The van der Waals surface area contributed by atoms with Gasteiger partial charge in [0.05, 0.1) is 11.6 Å². The minimum atomic E-state index is -1.01. The van der Waals surface area contributed by atoms with Crippen molar-refractivity contribution >= 4 is 23.6 Å². The molecule has 1 atom stereocenters. The molecular formula is C24H20FN7O4. The summed E-state index contributed by atoms with van der Waals surface area (Å²) in [7, 11) is 0. The Kier molecular flexibility index (Phi) is 5.84. The van der Waals surface area contributed by atoms with E-state index >= 15 is 0 Å². The predicted octanol–water partition coefficient (Wildman–Crippen LogP) is 2.01. The average Bonchev–Trinajstić information content (AvgIpc) is 3.50. The van der Waals surface area contributed by atoms with Crippen molar-refractivity contribution in [1.82, 2.24) is 35.7 Å². The number of hydrogen-bond acceptors (Lipinski definition) is 7. The van der Waals surface area contributed by atoms with Crippen LogP contribution in [0.15, 0.2) is 42.5 Å². The van der Waals surface area contributed by atoms with E-state index in [9.17, 15) is 23.9 Å². The van der Waals surface area contributed by atoms with Gasteiger partial charge < -0.3 is 15.7 Å². The molecule has 36 heavy (non-hydrogen) atoms. The van der Waals surface area contributed by atoms with Crippen LogP contribution in [0.5, 0.6) is 0 Å². The fraction of sp³-hybridized carbons (Fsp3) is 0.208. The number of nitrogens with zero attached hydrogens (tertiary/aromatic N) is 5. The Balaban J connectivity index is 1.36. The number of fused-ring (bicyclic) bond motifs is 2. The van der Waals surface area contributed by atoms with Crippen LogP contribution in [0.25, 0.3) is 5.78 Å². The van der Waals surface area contributed by atoms with E-state index in [0.29, 0.717) is 24.0 Å². The van der Waals surface area contributed by atoms with Gasteiger partial charge in [0.1, 0.15) is 17.2 Å². The van der Waals surface area contributed by atoms with E-state index in [-0.39, 0.29) is 41.1 Å². The largest absolute Gasteiger partial charge is 0.478 e. The SMILES string of the molecule is Cc1cc(CNC(=O)c2cc(C(=O)N[C@H]3CCc4cc(C(=O)O)ccc43)n3nnnc3n2)ccc1F. The first-order chi connectivity index (χ1) is 17.3. The molecule has 2 aromatic carbocycles. The van der Waals surface area contributed by atoms with Crippen molar-refractivity contribution in [2.24, 2.45) is 0 Å². The second-order valence-corrected chi connectivity index (χ2v) is 8.47. The van der Waals surface area contributed by atoms with Crippen LogP contribution in [-0.2, 0) is 13.0 Å². The van der Waals surface area contributed by atoms with Gasteiger partial charge in [0, 0.05) is 12.6 Å². The summed E-state index contributed by atoms with van der Waals surface area (Å²) in [6, 6.07) is 10.3. The molecule has 0 bridgehead atoms. The molecule has 2 amide bonds. The normalized spacial score (nSPS) is 14.4. The van der Waals surface area contributed by atoms with E-state index in [1.807, 2.05) is 0 Å². The number of aromatic carboxylic acids is 1. The van der Waals surface area contributed by atoms with E-state index in [2.05, 4.69) is 31.1 Å². The Hall–Kier alpha value is -4.74. The molecule has 0 saturated heterocycles. The first-order valence-corrected chi connectivity index (χ1v) is 11.1. The number of amides is 2. The number of aryl methyl sites for hydroxylation is 2. The lowest BCUT2D eigenvalue weighted by Crippen LogP contribution is -2.30. The van der Waals surface area contributed by atoms with Gasteiger partial charge in [-0.3, -0.25) is 9.59 Å². The molecule has 2 heterocycles. The van der Waals surface area contributed by atoms with Crippen LogP contribution < -0.4 is 10.6 Å². The van der Waals surface area contributed by atoms with Gasteiger partial charge in [-0.25, -0.2) is 14.2 Å². The van der Waals surface area contributed by atoms with Crippen LogP contribution in [0.2, 0.25) is 0 Å². The third kappa shape index (κ3) is 4.35. The number of carboxylic acids is 1. The second kappa shape index (κ2) is 9.13. The summed E-state index contributed by atoms with van der Waals surface area (Å²) in [6.45, 7) is 1.77. The summed E-state index contributed by atoms with van der Waals surface area (Å²) in [4.78, 5) is 41.4. The molecular weight excluding hydrogens is 469 g/mol. The molecule has 0 saturated carbocycles. The van der Waals surface area contributed by atoms with Gasteiger partial charge in [-0.15, -0.1) is 0 Å². The molecule has 182 valence electrons. The van der Waals surface area contributed by atoms with Gasteiger partial charge in [0.25, 0.3) is 17.6 Å². The molecule has 5 rings (SSSR count). The van der Waals surface area contributed by atoms with Crippen LogP contribution in [0, 0.1) is 12.7 Å². The molecule has 1 aliphatic rings. The Morgan fingerprint density at radius 3 is 2.75 bits per heavy atom. The monoisotopic (exact) mass is 489 g/mol. The Morgan fingerprint density at radius 2 is 1.97 bits per heavy atom. The zero-order chi connectivity index (χ0) is 25.4. The lowest BCUT2D eigenvalue weighted by molar-refractivity contribution is 0.0696. The number of nitrogens with one attached hydrogen (secondary N) is 2. The van der Waals surface area contributed by atoms with E-state index in [1.54, 1.807) is 31.2 Å². The van der Waals surface area contributed by atoms with E-state index < -0.39 is 17.8 Å². The van der Waals surface area contributed by atoms with Gasteiger partial charge in [0.15, 0.2) is 0 Å². The zero-order valence-corrected chi connectivity index (χ0v) is 19.0. The first-order valence-electron chi connectivity index (χ1n) is 11.1. The predicted molar refractivity (Wildman–Crippen MR) is 123 cm³/mol.